The van der Waals surface area contributed by atoms with Gasteiger partial charge in [-0.3, -0.25) is 0 Å². The summed E-state index contributed by atoms with van der Waals surface area (Å²) in [5.41, 5.74) is 33.7. The van der Waals surface area contributed by atoms with Gasteiger partial charge in [-0.25, -0.2) is 0 Å². The smallest absolute Gasteiger partial charge is 0.0465 e. The Morgan fingerprint density at radius 1 is 0.247 bits per heavy atom. The third-order valence-electron chi connectivity index (χ3n) is 19.7. The van der Waals surface area contributed by atoms with Crippen LogP contribution in [-0.4, -0.2) is 0 Å². The summed E-state index contributed by atoms with van der Waals surface area (Å²) in [6, 6.07) is 70.6. The van der Waals surface area contributed by atoms with Gasteiger partial charge in [0, 0.05) is 61.2 Å². The minimum atomic E-state index is -0.298. The molecule has 0 saturated carbocycles. The van der Waals surface area contributed by atoms with Crippen LogP contribution in [0.1, 0.15) is 138 Å². The van der Waals surface area contributed by atoms with Crippen LogP contribution in [0.5, 0.6) is 0 Å². The van der Waals surface area contributed by atoms with Crippen molar-refractivity contribution in [3.05, 3.63) is 255 Å². The zero-order valence-corrected chi connectivity index (χ0v) is 46.3. The maximum absolute atomic E-state index is 2.55. The third kappa shape index (κ3) is 6.25. The second-order valence-electron chi connectivity index (χ2n) is 25.6. The zero-order chi connectivity index (χ0) is 52.7. The third-order valence-corrected chi connectivity index (χ3v) is 19.7. The van der Waals surface area contributed by atoms with Crippen molar-refractivity contribution in [1.82, 2.24) is 0 Å². The van der Waals surface area contributed by atoms with E-state index in [1.54, 1.807) is 0 Å². The molecule has 0 radical (unpaired) electrons. The second-order valence-corrected chi connectivity index (χ2v) is 25.6. The molecule has 0 amide bonds. The van der Waals surface area contributed by atoms with E-state index < -0.39 is 0 Å². The lowest BCUT2D eigenvalue weighted by atomic mass is 9.80. The van der Waals surface area contributed by atoms with Crippen LogP contribution in [0.3, 0.4) is 0 Å². The molecule has 376 valence electrons. The van der Waals surface area contributed by atoms with Crippen LogP contribution in [-0.2, 0) is 27.1 Å². The Kier molecular flexibility index (Phi) is 9.40. The molecule has 0 spiro atoms. The van der Waals surface area contributed by atoms with Crippen molar-refractivity contribution < 1.29 is 0 Å². The summed E-state index contributed by atoms with van der Waals surface area (Å²) in [4.78, 5) is 5.09. The normalized spacial score (nSPS) is 17.8. The van der Waals surface area contributed by atoms with Gasteiger partial charge in [0.05, 0.1) is 0 Å². The van der Waals surface area contributed by atoms with E-state index in [1.165, 1.54) is 145 Å². The minimum absolute atomic E-state index is 0.0833. The number of hydrogen-bond acceptors (Lipinski definition) is 2. The first kappa shape index (κ1) is 46.4. The second kappa shape index (κ2) is 15.6. The lowest BCUT2D eigenvalue weighted by Crippen LogP contribution is -2.19. The van der Waals surface area contributed by atoms with Crippen LogP contribution in [0.2, 0.25) is 0 Å². The van der Waals surface area contributed by atoms with Crippen molar-refractivity contribution >= 4 is 39.7 Å². The molecule has 0 aromatic heterocycles. The van der Waals surface area contributed by atoms with Gasteiger partial charge in [-0.05, 0) is 197 Å². The first-order chi connectivity index (χ1) is 37.0. The number of allylic oxidation sites excluding steroid dienone is 4. The van der Waals surface area contributed by atoms with Gasteiger partial charge >= 0.3 is 0 Å². The fraction of sp³-hybridized carbons (Fsp3) is 0.227. The molecule has 15 rings (SSSR count). The van der Waals surface area contributed by atoms with E-state index in [9.17, 15) is 0 Å². The van der Waals surface area contributed by atoms with Crippen LogP contribution >= 0.6 is 0 Å². The fourth-order valence-electron chi connectivity index (χ4n) is 15.5. The maximum atomic E-state index is 2.55. The predicted molar refractivity (Wildman–Crippen MR) is 324 cm³/mol. The predicted octanol–water partition coefficient (Wildman–Crippen LogP) is 20.2. The molecule has 6 aliphatic carbocycles. The standard InChI is InChI=1S/C75H66N2/c1-71(2)61-23-15-11-19-51(61)55-33-27-45(39-65(55)71)76(46-28-34-56-52-20-12-16-24-62(52)72(3,4)66(56)40-46)49-31-37-59-60-38-32-50(44-70(60)75(9,10)69(59)43-49)77(47-29-35-57-53-21-13-17-25-63(53)73(5,6)67(57)41-47)48-30-36-58-54-22-14-18-26-64(54)74(7,8)68(58)42-48/h11-13,15-17,19-44H,14,18H2,1-10H3. The van der Waals surface area contributed by atoms with Crippen molar-refractivity contribution in [1.29, 1.82) is 0 Å². The van der Waals surface area contributed by atoms with Crippen molar-refractivity contribution in [3.63, 3.8) is 0 Å². The highest BCUT2D eigenvalue weighted by molar-refractivity contribution is 5.95. The quantitative estimate of drug-likeness (QED) is 0.164. The number of fused-ring (bicyclic) bond motifs is 15. The van der Waals surface area contributed by atoms with Crippen molar-refractivity contribution in [2.24, 2.45) is 0 Å². The molecule has 2 heteroatoms. The van der Waals surface area contributed by atoms with Crippen LogP contribution in [0.15, 0.2) is 200 Å². The van der Waals surface area contributed by atoms with Crippen LogP contribution in [0, 0.1) is 0 Å². The first-order valence-electron chi connectivity index (χ1n) is 28.1. The number of benzene rings is 9. The monoisotopic (exact) mass is 995 g/mol. The highest BCUT2D eigenvalue weighted by Crippen LogP contribution is 2.58. The van der Waals surface area contributed by atoms with E-state index in [4.69, 9.17) is 0 Å². The topological polar surface area (TPSA) is 6.48 Å². The van der Waals surface area contributed by atoms with Gasteiger partial charge in [0.25, 0.3) is 0 Å². The Balaban J connectivity index is 0.874. The SMILES string of the molecule is CC1(C)C2=CCCC=C2c2ccc(N(c3ccc4c(c3)C(C)(C)c3ccccc3-4)c3ccc4c(c3)C(C)(C)c3cc(N(c5ccc6c(c5)C(C)(C)c5ccccc5-6)c5ccc6c(c5)C(C)(C)c5ccccc5-6)ccc3-4)cc21. The Morgan fingerprint density at radius 3 is 0.818 bits per heavy atom. The number of rotatable bonds is 6. The number of nitrogens with zero attached hydrogens (tertiary/aromatic N) is 2. The van der Waals surface area contributed by atoms with E-state index >= 15 is 0 Å². The molecule has 0 unspecified atom stereocenters. The lowest BCUT2D eigenvalue weighted by Gasteiger charge is -2.31. The van der Waals surface area contributed by atoms with Gasteiger partial charge in [0.15, 0.2) is 0 Å². The van der Waals surface area contributed by atoms with Crippen molar-refractivity contribution in [2.75, 3.05) is 9.80 Å². The molecule has 0 saturated heterocycles. The van der Waals surface area contributed by atoms with Crippen molar-refractivity contribution in [2.45, 2.75) is 109 Å². The summed E-state index contributed by atoms with van der Waals surface area (Å²) in [5, 5.41) is 0. The summed E-state index contributed by atoms with van der Waals surface area (Å²) in [5.74, 6) is 0. The molecule has 9 aromatic carbocycles. The van der Waals surface area contributed by atoms with Gasteiger partial charge in [-0.1, -0.05) is 191 Å². The molecule has 6 aliphatic rings. The average molecular weight is 995 g/mol. The number of anilines is 6. The van der Waals surface area contributed by atoms with E-state index in [0.29, 0.717) is 0 Å². The van der Waals surface area contributed by atoms with Crippen LogP contribution < -0.4 is 9.80 Å². The molecule has 0 N–H and O–H groups in total. The highest BCUT2D eigenvalue weighted by atomic mass is 15.1. The molecule has 0 aliphatic heterocycles. The summed E-state index contributed by atoms with van der Waals surface area (Å²) in [6.45, 7) is 24.1. The number of hydrogen-bond donors (Lipinski definition) is 0. The van der Waals surface area contributed by atoms with Gasteiger partial charge in [0.1, 0.15) is 0 Å². The average Bonchev–Trinajstić information content (AvgIpc) is 4.27. The summed E-state index contributed by atoms with van der Waals surface area (Å²) < 4.78 is 0. The summed E-state index contributed by atoms with van der Waals surface area (Å²) in [7, 11) is 0. The Morgan fingerprint density at radius 2 is 0.494 bits per heavy atom. The Labute approximate surface area is 456 Å². The van der Waals surface area contributed by atoms with E-state index in [2.05, 4.69) is 273 Å². The largest absolute Gasteiger partial charge is 0.310 e. The zero-order valence-electron chi connectivity index (χ0n) is 46.3. The van der Waals surface area contributed by atoms with Crippen LogP contribution in [0.25, 0.3) is 50.1 Å². The molecule has 0 heterocycles. The molecule has 77 heavy (non-hydrogen) atoms. The summed E-state index contributed by atoms with van der Waals surface area (Å²) >= 11 is 0. The van der Waals surface area contributed by atoms with E-state index in [1.807, 2.05) is 0 Å². The van der Waals surface area contributed by atoms with Gasteiger partial charge < -0.3 is 9.80 Å². The van der Waals surface area contributed by atoms with E-state index in [-0.39, 0.29) is 27.1 Å². The minimum Gasteiger partial charge on any atom is -0.310 e. The van der Waals surface area contributed by atoms with Crippen molar-refractivity contribution in [3.8, 4) is 44.5 Å². The fourth-order valence-corrected chi connectivity index (χ4v) is 15.5. The first-order valence-corrected chi connectivity index (χ1v) is 28.1. The Bertz CT molecular complexity index is 4040. The molecular weight excluding hydrogens is 929 g/mol. The maximum Gasteiger partial charge on any atom is 0.0465 e. The highest BCUT2D eigenvalue weighted by Gasteiger charge is 2.43. The van der Waals surface area contributed by atoms with Crippen LogP contribution in [0.4, 0.5) is 34.1 Å². The van der Waals surface area contributed by atoms with Gasteiger partial charge in [-0.2, -0.15) is 0 Å². The molecule has 0 bridgehead atoms. The van der Waals surface area contributed by atoms with Gasteiger partial charge in [0.2, 0.25) is 0 Å². The molecule has 0 atom stereocenters. The molecule has 0 fully saturated rings. The molecule has 9 aromatic rings. The molecule has 2 nitrogen and oxygen atoms in total. The lowest BCUT2D eigenvalue weighted by molar-refractivity contribution is 0.654. The van der Waals surface area contributed by atoms with E-state index in [0.717, 1.165) is 12.8 Å². The molecular formula is C75H66N2. The summed E-state index contributed by atoms with van der Waals surface area (Å²) in [6.07, 6.45) is 7.18. The Hall–Kier alpha value is -7.94. The van der Waals surface area contributed by atoms with Gasteiger partial charge in [-0.15, -0.1) is 0 Å².